The van der Waals surface area contributed by atoms with Crippen LogP contribution in [0, 0.1) is 0 Å². The van der Waals surface area contributed by atoms with E-state index in [-0.39, 0.29) is 10.8 Å². The molecule has 0 saturated carbocycles. The Kier molecular flexibility index (Phi) is 6.44. The number of furan rings is 1. The van der Waals surface area contributed by atoms with E-state index >= 15 is 0 Å². The summed E-state index contributed by atoms with van der Waals surface area (Å²) in [5.41, 5.74) is 0.338. The van der Waals surface area contributed by atoms with Crippen molar-refractivity contribution in [2.75, 3.05) is 11.9 Å². The van der Waals surface area contributed by atoms with Crippen LogP contribution in [-0.4, -0.2) is 30.4 Å². The number of anilines is 1. The van der Waals surface area contributed by atoms with Crippen LogP contribution in [0.25, 0.3) is 0 Å². The molecule has 2 N–H and O–H groups in total. The van der Waals surface area contributed by atoms with Crippen molar-refractivity contribution in [2.45, 2.75) is 13.0 Å². The molecule has 9 heteroatoms. The zero-order valence-corrected chi connectivity index (χ0v) is 14.6. The number of amides is 2. The molecule has 0 aliphatic heterocycles. The summed E-state index contributed by atoms with van der Waals surface area (Å²) in [6.07, 6.45) is 0.251. The van der Waals surface area contributed by atoms with Gasteiger partial charge in [-0.25, -0.2) is 0 Å². The molecule has 0 spiro atoms. The van der Waals surface area contributed by atoms with Crippen molar-refractivity contribution in [1.82, 2.24) is 5.32 Å². The van der Waals surface area contributed by atoms with Gasteiger partial charge in [0, 0.05) is 5.02 Å². The van der Waals surface area contributed by atoms with Crippen molar-refractivity contribution in [3.63, 3.8) is 0 Å². The summed E-state index contributed by atoms with van der Waals surface area (Å²) in [4.78, 5) is 35.4. The minimum absolute atomic E-state index is 0.0657. The van der Waals surface area contributed by atoms with Gasteiger partial charge in [-0.15, -0.1) is 0 Å². The van der Waals surface area contributed by atoms with Gasteiger partial charge < -0.3 is 19.8 Å². The molecule has 25 heavy (non-hydrogen) atoms. The average molecular weight is 385 g/mol. The third kappa shape index (κ3) is 5.51. The summed E-state index contributed by atoms with van der Waals surface area (Å²) in [7, 11) is 0. The van der Waals surface area contributed by atoms with Gasteiger partial charge in [0.15, 0.2) is 11.9 Å². The Balaban J connectivity index is 1.81. The molecular formula is C16H14Cl2N2O5. The van der Waals surface area contributed by atoms with Gasteiger partial charge >= 0.3 is 5.97 Å². The minimum Gasteiger partial charge on any atom is -0.459 e. The number of nitrogens with one attached hydrogen (secondary N) is 2. The minimum atomic E-state index is -1.08. The summed E-state index contributed by atoms with van der Waals surface area (Å²) >= 11 is 11.7. The molecule has 0 saturated heterocycles. The highest BCUT2D eigenvalue weighted by molar-refractivity contribution is 6.36. The van der Waals surface area contributed by atoms with Gasteiger partial charge in [-0.3, -0.25) is 14.4 Å². The van der Waals surface area contributed by atoms with Crippen LogP contribution >= 0.6 is 23.2 Å². The molecule has 132 valence electrons. The van der Waals surface area contributed by atoms with Crippen LogP contribution < -0.4 is 10.6 Å². The molecule has 1 heterocycles. The van der Waals surface area contributed by atoms with Crippen LogP contribution in [0.2, 0.25) is 10.0 Å². The molecule has 0 radical (unpaired) electrons. The lowest BCUT2D eigenvalue weighted by atomic mass is 10.3. The fourth-order valence-electron chi connectivity index (χ4n) is 1.76. The maximum absolute atomic E-state index is 12.0. The van der Waals surface area contributed by atoms with Crippen LogP contribution in [0.15, 0.2) is 41.0 Å². The van der Waals surface area contributed by atoms with Gasteiger partial charge in [0.05, 0.1) is 17.0 Å². The Bertz CT molecular complexity index is 777. The van der Waals surface area contributed by atoms with Crippen molar-refractivity contribution in [3.8, 4) is 0 Å². The molecule has 0 unspecified atom stereocenters. The summed E-state index contributed by atoms with van der Waals surface area (Å²) in [5.74, 6) is -1.84. The summed E-state index contributed by atoms with van der Waals surface area (Å²) in [6, 6.07) is 7.55. The maximum Gasteiger partial charge on any atom is 0.326 e. The second-order valence-corrected chi connectivity index (χ2v) is 5.75. The third-order valence-corrected chi connectivity index (χ3v) is 3.55. The molecule has 2 rings (SSSR count). The third-order valence-electron chi connectivity index (χ3n) is 3.00. The zero-order chi connectivity index (χ0) is 18.4. The van der Waals surface area contributed by atoms with Gasteiger partial charge in [0.1, 0.15) is 6.54 Å². The van der Waals surface area contributed by atoms with Crippen LogP contribution in [0.1, 0.15) is 17.5 Å². The number of ether oxygens (including phenoxy) is 1. The first-order chi connectivity index (χ1) is 11.9. The highest BCUT2D eigenvalue weighted by Crippen LogP contribution is 2.25. The van der Waals surface area contributed by atoms with Gasteiger partial charge in [-0.05, 0) is 37.3 Å². The van der Waals surface area contributed by atoms with Crippen LogP contribution in [0.3, 0.4) is 0 Å². The van der Waals surface area contributed by atoms with Crippen LogP contribution in [0.4, 0.5) is 5.69 Å². The number of carbonyl (C=O) groups excluding carboxylic acids is 3. The normalized spacial score (nSPS) is 11.5. The molecule has 1 aromatic carbocycles. The fraction of sp³-hybridized carbons (Fsp3) is 0.188. The lowest BCUT2D eigenvalue weighted by molar-refractivity contribution is -0.152. The van der Waals surface area contributed by atoms with E-state index < -0.39 is 30.4 Å². The Labute approximate surface area is 153 Å². The Morgan fingerprint density at radius 1 is 1.24 bits per heavy atom. The van der Waals surface area contributed by atoms with E-state index in [0.717, 1.165) is 0 Å². The van der Waals surface area contributed by atoms with E-state index in [0.29, 0.717) is 10.7 Å². The standard InChI is InChI=1S/C16H14Cl2N2O5/c1-9(15(22)20-12-5-4-10(17)7-11(12)18)25-14(21)8-19-16(23)13-3-2-6-24-13/h2-7,9H,8H2,1H3,(H,19,23)(H,20,22)/t9-/m0/s1. The first-order valence-corrected chi connectivity index (χ1v) is 7.89. The van der Waals surface area contributed by atoms with Gasteiger partial charge in [0.2, 0.25) is 0 Å². The molecule has 2 amide bonds. The second kappa shape index (κ2) is 8.55. The van der Waals surface area contributed by atoms with Gasteiger partial charge in [-0.1, -0.05) is 23.2 Å². The van der Waals surface area contributed by atoms with E-state index in [1.165, 1.54) is 31.4 Å². The number of carbonyl (C=O) groups is 3. The van der Waals surface area contributed by atoms with E-state index in [2.05, 4.69) is 10.6 Å². The number of benzene rings is 1. The van der Waals surface area contributed by atoms with Crippen molar-refractivity contribution in [2.24, 2.45) is 0 Å². The molecule has 0 fully saturated rings. The quantitative estimate of drug-likeness (QED) is 0.746. The lowest BCUT2D eigenvalue weighted by Crippen LogP contribution is -2.35. The Morgan fingerprint density at radius 2 is 2.00 bits per heavy atom. The monoisotopic (exact) mass is 384 g/mol. The van der Waals surface area contributed by atoms with E-state index in [1.54, 1.807) is 12.1 Å². The predicted octanol–water partition coefficient (Wildman–Crippen LogP) is 2.89. The van der Waals surface area contributed by atoms with E-state index in [9.17, 15) is 14.4 Å². The van der Waals surface area contributed by atoms with Gasteiger partial charge in [0.25, 0.3) is 11.8 Å². The number of hydrogen-bond donors (Lipinski definition) is 2. The second-order valence-electron chi connectivity index (χ2n) is 4.91. The topological polar surface area (TPSA) is 97.6 Å². The van der Waals surface area contributed by atoms with Crippen molar-refractivity contribution >= 4 is 46.7 Å². The summed E-state index contributed by atoms with van der Waals surface area (Å²) in [6.45, 7) is 0.990. The average Bonchev–Trinajstić information content (AvgIpc) is 3.09. The SMILES string of the molecule is C[C@H](OC(=O)CNC(=O)c1ccco1)C(=O)Nc1ccc(Cl)cc1Cl. The lowest BCUT2D eigenvalue weighted by Gasteiger charge is -2.14. The first-order valence-electron chi connectivity index (χ1n) is 7.14. The molecule has 7 nitrogen and oxygen atoms in total. The largest absolute Gasteiger partial charge is 0.459 e. The highest BCUT2D eigenvalue weighted by Gasteiger charge is 2.19. The van der Waals surface area contributed by atoms with Gasteiger partial charge in [-0.2, -0.15) is 0 Å². The molecule has 0 aliphatic carbocycles. The molecule has 0 aliphatic rings. The highest BCUT2D eigenvalue weighted by atomic mass is 35.5. The first kappa shape index (κ1) is 18.8. The number of rotatable bonds is 6. The van der Waals surface area contributed by atoms with Crippen LogP contribution in [0.5, 0.6) is 0 Å². The Morgan fingerprint density at radius 3 is 2.64 bits per heavy atom. The van der Waals surface area contributed by atoms with E-state index in [1.807, 2.05) is 0 Å². The van der Waals surface area contributed by atoms with Crippen molar-refractivity contribution in [1.29, 1.82) is 0 Å². The maximum atomic E-state index is 12.0. The number of esters is 1. The summed E-state index contributed by atoms with van der Waals surface area (Å²) < 4.78 is 9.83. The molecule has 1 atom stereocenters. The molecular weight excluding hydrogens is 371 g/mol. The molecule has 1 aromatic heterocycles. The molecule has 2 aromatic rings. The van der Waals surface area contributed by atoms with Crippen molar-refractivity contribution in [3.05, 3.63) is 52.4 Å². The predicted molar refractivity (Wildman–Crippen MR) is 91.7 cm³/mol. The van der Waals surface area contributed by atoms with Crippen molar-refractivity contribution < 1.29 is 23.5 Å². The smallest absolute Gasteiger partial charge is 0.326 e. The Hall–Kier alpha value is -2.51. The zero-order valence-electron chi connectivity index (χ0n) is 13.0. The fourth-order valence-corrected chi connectivity index (χ4v) is 2.22. The number of halogens is 2. The van der Waals surface area contributed by atoms with Crippen LogP contribution in [-0.2, 0) is 14.3 Å². The number of hydrogen-bond acceptors (Lipinski definition) is 5. The van der Waals surface area contributed by atoms with E-state index in [4.69, 9.17) is 32.4 Å². The molecule has 0 bridgehead atoms. The summed E-state index contributed by atoms with van der Waals surface area (Å²) in [5, 5.41) is 5.52.